The molecule has 0 N–H and O–H groups in total. The molecule has 8 nitrogen and oxygen atoms in total. The summed E-state index contributed by atoms with van der Waals surface area (Å²) in [6, 6.07) is 0. The molecular weight excluding hydrogens is 368 g/mol. The van der Waals surface area contributed by atoms with E-state index < -0.39 is 23.9 Å². The molecule has 0 bridgehead atoms. The highest BCUT2D eigenvalue weighted by Crippen LogP contribution is 2.03. The van der Waals surface area contributed by atoms with Crippen molar-refractivity contribution in [3.8, 4) is 0 Å². The van der Waals surface area contributed by atoms with E-state index in [-0.39, 0.29) is 37.2 Å². The topological polar surface area (TPSA) is 105 Å². The minimum Gasteiger partial charge on any atom is -0.466 e. The van der Waals surface area contributed by atoms with Crippen LogP contribution in [0, 0.1) is 0 Å². The van der Waals surface area contributed by atoms with Crippen LogP contribution in [0.25, 0.3) is 0 Å². The van der Waals surface area contributed by atoms with Gasteiger partial charge in [0, 0.05) is 11.1 Å². The molecule has 0 fully saturated rings. The fraction of sp³-hybridized carbons (Fsp3) is 0.600. The van der Waals surface area contributed by atoms with Gasteiger partial charge in [-0.25, -0.2) is 9.59 Å². The lowest BCUT2D eigenvalue weighted by Gasteiger charge is -2.07. The number of ether oxygens (including phenoxy) is 4. The molecule has 0 aliphatic rings. The van der Waals surface area contributed by atoms with Gasteiger partial charge in [0.05, 0.1) is 26.1 Å². The van der Waals surface area contributed by atoms with Crippen LogP contribution < -0.4 is 0 Å². The second-order valence-electron chi connectivity index (χ2n) is 6.19. The molecule has 0 unspecified atom stereocenters. The third kappa shape index (κ3) is 14.5. The maximum Gasteiger partial charge on any atom is 0.333 e. The molecule has 0 aliphatic heterocycles. The summed E-state index contributed by atoms with van der Waals surface area (Å²) in [5.41, 5.74) is 0.565. The minimum atomic E-state index is -0.527. The quantitative estimate of drug-likeness (QED) is 0.179. The van der Waals surface area contributed by atoms with E-state index >= 15 is 0 Å². The average Bonchev–Trinajstić information content (AvgIpc) is 2.63. The largest absolute Gasteiger partial charge is 0.466 e. The molecule has 0 heterocycles. The fourth-order valence-corrected chi connectivity index (χ4v) is 1.77. The molecule has 0 rings (SSSR count). The van der Waals surface area contributed by atoms with Gasteiger partial charge in [0.15, 0.2) is 0 Å². The van der Waals surface area contributed by atoms with Gasteiger partial charge in [-0.05, 0) is 39.5 Å². The van der Waals surface area contributed by atoms with Crippen molar-refractivity contribution in [3.05, 3.63) is 24.3 Å². The molecule has 0 saturated heterocycles. The van der Waals surface area contributed by atoms with Crippen molar-refractivity contribution >= 4 is 23.9 Å². The van der Waals surface area contributed by atoms with Crippen LogP contribution in [0.5, 0.6) is 0 Å². The number of rotatable bonds is 15. The zero-order valence-corrected chi connectivity index (χ0v) is 16.8. The van der Waals surface area contributed by atoms with E-state index in [4.69, 9.17) is 18.9 Å². The highest BCUT2D eigenvalue weighted by molar-refractivity contribution is 5.87. The molecule has 0 atom stereocenters. The minimum absolute atomic E-state index is 0.0106. The first-order valence-electron chi connectivity index (χ1n) is 9.20. The van der Waals surface area contributed by atoms with Crippen LogP contribution in [-0.2, 0) is 38.1 Å². The number of carbonyl (C=O) groups is 4. The summed E-state index contributed by atoms with van der Waals surface area (Å²) < 4.78 is 19.7. The van der Waals surface area contributed by atoms with Crippen molar-refractivity contribution in [2.24, 2.45) is 0 Å². The van der Waals surface area contributed by atoms with Gasteiger partial charge >= 0.3 is 23.9 Å². The van der Waals surface area contributed by atoms with Crippen LogP contribution in [0.15, 0.2) is 24.3 Å². The van der Waals surface area contributed by atoms with Crippen molar-refractivity contribution in [2.45, 2.75) is 52.4 Å². The lowest BCUT2D eigenvalue weighted by atomic mass is 10.2. The number of hydrogen-bond acceptors (Lipinski definition) is 8. The van der Waals surface area contributed by atoms with Crippen LogP contribution in [0.2, 0.25) is 0 Å². The first-order valence-corrected chi connectivity index (χ1v) is 9.20. The summed E-state index contributed by atoms with van der Waals surface area (Å²) in [4.78, 5) is 45.1. The summed E-state index contributed by atoms with van der Waals surface area (Å²) in [7, 11) is 0. The Morgan fingerprint density at radius 1 is 0.571 bits per heavy atom. The molecule has 28 heavy (non-hydrogen) atoms. The first kappa shape index (κ1) is 25.4. The van der Waals surface area contributed by atoms with Crippen LogP contribution in [0.1, 0.15) is 52.4 Å². The molecule has 0 aromatic heterocycles. The molecule has 0 amide bonds. The lowest BCUT2D eigenvalue weighted by Crippen LogP contribution is -2.13. The molecular formula is C20H30O8. The lowest BCUT2D eigenvalue weighted by molar-refractivity contribution is -0.149. The average molecular weight is 398 g/mol. The zero-order chi connectivity index (χ0) is 21.4. The van der Waals surface area contributed by atoms with E-state index in [9.17, 15) is 19.2 Å². The van der Waals surface area contributed by atoms with Crippen LogP contribution >= 0.6 is 0 Å². The first-order chi connectivity index (χ1) is 13.2. The standard InChI is InChI=1S/C20H30O8/c1-15(2)19(23)27-13-9-17(21)25-11-7-5-6-8-12-26-18(22)10-14-28-20(24)16(3)4/h1,3,5-14H2,2,4H3. The molecule has 0 aromatic rings. The van der Waals surface area contributed by atoms with Gasteiger partial charge in [0.25, 0.3) is 0 Å². The van der Waals surface area contributed by atoms with Crippen molar-refractivity contribution in [2.75, 3.05) is 26.4 Å². The monoisotopic (exact) mass is 398 g/mol. The van der Waals surface area contributed by atoms with E-state index in [0.717, 1.165) is 12.8 Å². The summed E-state index contributed by atoms with van der Waals surface area (Å²) in [6.07, 6.45) is 3.06. The molecule has 0 spiro atoms. The van der Waals surface area contributed by atoms with Gasteiger partial charge in [-0.1, -0.05) is 13.2 Å². The maximum absolute atomic E-state index is 11.4. The molecule has 0 radical (unpaired) electrons. The van der Waals surface area contributed by atoms with Crippen LogP contribution in [-0.4, -0.2) is 50.3 Å². The van der Waals surface area contributed by atoms with E-state index in [1.807, 2.05) is 0 Å². The van der Waals surface area contributed by atoms with Gasteiger partial charge < -0.3 is 18.9 Å². The van der Waals surface area contributed by atoms with E-state index in [1.54, 1.807) is 0 Å². The predicted octanol–water partition coefficient (Wildman–Crippen LogP) is 2.65. The van der Waals surface area contributed by atoms with Gasteiger partial charge in [0.1, 0.15) is 13.2 Å². The summed E-state index contributed by atoms with van der Waals surface area (Å²) in [5.74, 6) is -1.89. The number of unbranched alkanes of at least 4 members (excludes halogenated alkanes) is 3. The predicted molar refractivity (Wildman–Crippen MR) is 101 cm³/mol. The zero-order valence-electron chi connectivity index (χ0n) is 16.8. The third-order valence-electron chi connectivity index (χ3n) is 3.34. The Labute approximate surface area is 165 Å². The Kier molecular flexibility index (Phi) is 14.0. The van der Waals surface area contributed by atoms with Crippen LogP contribution in [0.4, 0.5) is 0 Å². The van der Waals surface area contributed by atoms with Crippen molar-refractivity contribution in [1.82, 2.24) is 0 Å². The third-order valence-corrected chi connectivity index (χ3v) is 3.34. The van der Waals surface area contributed by atoms with Gasteiger partial charge in [-0.2, -0.15) is 0 Å². The SMILES string of the molecule is C=C(C)C(=O)OCCC(=O)OCCCCCCOC(=O)CCOC(=O)C(=C)C. The number of esters is 4. The highest BCUT2D eigenvalue weighted by Gasteiger charge is 2.08. The molecule has 0 aliphatic carbocycles. The second kappa shape index (κ2) is 15.4. The van der Waals surface area contributed by atoms with Crippen LogP contribution in [0.3, 0.4) is 0 Å². The summed E-state index contributed by atoms with van der Waals surface area (Å²) >= 11 is 0. The Morgan fingerprint density at radius 3 is 1.25 bits per heavy atom. The number of carbonyl (C=O) groups excluding carboxylic acids is 4. The molecule has 0 aromatic carbocycles. The Balaban J connectivity index is 3.47. The molecule has 0 saturated carbocycles. The fourth-order valence-electron chi connectivity index (χ4n) is 1.77. The van der Waals surface area contributed by atoms with Gasteiger partial charge in [-0.15, -0.1) is 0 Å². The maximum atomic E-state index is 11.4. The van der Waals surface area contributed by atoms with Crippen molar-refractivity contribution in [3.63, 3.8) is 0 Å². The Hall–Kier alpha value is -2.64. The molecule has 158 valence electrons. The Morgan fingerprint density at radius 2 is 0.929 bits per heavy atom. The normalized spacial score (nSPS) is 9.93. The molecule has 8 heteroatoms. The summed E-state index contributed by atoms with van der Waals surface area (Å²) in [6.45, 7) is 10.5. The van der Waals surface area contributed by atoms with Crippen molar-refractivity contribution < 1.29 is 38.1 Å². The summed E-state index contributed by atoms with van der Waals surface area (Å²) in [5, 5.41) is 0. The Bertz CT molecular complexity index is 515. The van der Waals surface area contributed by atoms with E-state index in [0.29, 0.717) is 26.1 Å². The second-order valence-corrected chi connectivity index (χ2v) is 6.19. The van der Waals surface area contributed by atoms with Gasteiger partial charge in [0.2, 0.25) is 0 Å². The number of hydrogen-bond donors (Lipinski definition) is 0. The van der Waals surface area contributed by atoms with E-state index in [2.05, 4.69) is 13.2 Å². The smallest absolute Gasteiger partial charge is 0.333 e. The highest BCUT2D eigenvalue weighted by atomic mass is 16.6. The van der Waals surface area contributed by atoms with Crippen molar-refractivity contribution in [1.29, 1.82) is 0 Å². The van der Waals surface area contributed by atoms with Gasteiger partial charge in [-0.3, -0.25) is 9.59 Å². The van der Waals surface area contributed by atoms with E-state index in [1.165, 1.54) is 13.8 Å².